The van der Waals surface area contributed by atoms with E-state index in [0.717, 1.165) is 17.0 Å². The molecule has 0 N–H and O–H groups in total. The first-order chi connectivity index (χ1) is 14.5. The standard InChI is InChI=1S/C24H25NO5/c1-17-22(25-24(30-17)20-7-4-3-5-8-20)14-16-29-21-12-10-19(11-13-21)23(27)9-6-15-28-18(2)26/h3-5,7-8,10-13H,6,9,14-16H2,1-2H3. The maximum Gasteiger partial charge on any atom is 0.302 e. The molecule has 1 heterocycles. The Labute approximate surface area is 175 Å². The van der Waals surface area contributed by atoms with E-state index >= 15 is 0 Å². The Morgan fingerprint density at radius 2 is 1.73 bits per heavy atom. The van der Waals surface area contributed by atoms with Gasteiger partial charge in [-0.05, 0) is 49.7 Å². The Morgan fingerprint density at radius 3 is 2.43 bits per heavy atom. The van der Waals surface area contributed by atoms with Crippen LogP contribution < -0.4 is 4.74 Å². The van der Waals surface area contributed by atoms with Crippen molar-refractivity contribution in [2.75, 3.05) is 13.2 Å². The maximum atomic E-state index is 12.2. The Morgan fingerprint density at radius 1 is 1.00 bits per heavy atom. The highest BCUT2D eigenvalue weighted by molar-refractivity contribution is 5.96. The average Bonchev–Trinajstić information content (AvgIpc) is 3.12. The third-order valence-corrected chi connectivity index (χ3v) is 4.55. The SMILES string of the molecule is CC(=O)OCCCC(=O)c1ccc(OCCc2nc(-c3ccccc3)oc2C)cc1. The van der Waals surface area contributed by atoms with Gasteiger partial charge in [-0.1, -0.05) is 18.2 Å². The minimum atomic E-state index is -0.332. The predicted molar refractivity (Wildman–Crippen MR) is 113 cm³/mol. The van der Waals surface area contributed by atoms with Crippen molar-refractivity contribution in [2.24, 2.45) is 0 Å². The van der Waals surface area contributed by atoms with Gasteiger partial charge in [0.1, 0.15) is 11.5 Å². The third kappa shape index (κ3) is 6.04. The Balaban J connectivity index is 1.47. The molecular formula is C24H25NO5. The number of aryl methyl sites for hydroxylation is 1. The van der Waals surface area contributed by atoms with Crippen LogP contribution in [-0.2, 0) is 16.0 Å². The second-order valence-electron chi connectivity index (χ2n) is 6.88. The highest BCUT2D eigenvalue weighted by Gasteiger charge is 2.11. The van der Waals surface area contributed by atoms with Gasteiger partial charge in [0.25, 0.3) is 0 Å². The van der Waals surface area contributed by atoms with Gasteiger partial charge in [-0.25, -0.2) is 4.98 Å². The van der Waals surface area contributed by atoms with E-state index < -0.39 is 0 Å². The molecule has 2 aromatic carbocycles. The van der Waals surface area contributed by atoms with Gasteiger partial charge in [0, 0.05) is 30.9 Å². The van der Waals surface area contributed by atoms with Gasteiger partial charge in [0.2, 0.25) is 5.89 Å². The molecular weight excluding hydrogens is 382 g/mol. The lowest BCUT2D eigenvalue weighted by Gasteiger charge is -2.07. The number of hydrogen-bond donors (Lipinski definition) is 0. The van der Waals surface area contributed by atoms with Crippen LogP contribution in [0, 0.1) is 6.92 Å². The van der Waals surface area contributed by atoms with Crippen LogP contribution in [0.2, 0.25) is 0 Å². The molecule has 0 aliphatic rings. The molecule has 156 valence electrons. The number of Topliss-reactive ketones (excluding diaryl/α,β-unsaturated/α-hetero) is 1. The van der Waals surface area contributed by atoms with Gasteiger partial charge < -0.3 is 13.9 Å². The van der Waals surface area contributed by atoms with E-state index in [1.807, 2.05) is 37.3 Å². The molecule has 0 saturated carbocycles. The zero-order valence-electron chi connectivity index (χ0n) is 17.2. The van der Waals surface area contributed by atoms with Crippen molar-refractivity contribution in [3.8, 4) is 17.2 Å². The van der Waals surface area contributed by atoms with Crippen LogP contribution in [0.5, 0.6) is 5.75 Å². The fourth-order valence-corrected chi connectivity index (χ4v) is 2.96. The lowest BCUT2D eigenvalue weighted by molar-refractivity contribution is -0.141. The number of benzene rings is 2. The monoisotopic (exact) mass is 407 g/mol. The molecule has 1 aromatic heterocycles. The van der Waals surface area contributed by atoms with Gasteiger partial charge >= 0.3 is 5.97 Å². The van der Waals surface area contributed by atoms with Crippen molar-refractivity contribution >= 4 is 11.8 Å². The van der Waals surface area contributed by atoms with Gasteiger partial charge in [0.05, 0.1) is 18.9 Å². The average molecular weight is 407 g/mol. The molecule has 0 aliphatic carbocycles. The van der Waals surface area contributed by atoms with Crippen molar-refractivity contribution in [1.82, 2.24) is 4.98 Å². The molecule has 0 bridgehead atoms. The molecule has 0 fully saturated rings. The summed E-state index contributed by atoms with van der Waals surface area (Å²) in [6.07, 6.45) is 1.47. The minimum absolute atomic E-state index is 0.0142. The van der Waals surface area contributed by atoms with Gasteiger partial charge in [-0.3, -0.25) is 9.59 Å². The zero-order chi connectivity index (χ0) is 21.3. The summed E-state index contributed by atoms with van der Waals surface area (Å²) in [5, 5.41) is 0. The van der Waals surface area contributed by atoms with E-state index in [1.54, 1.807) is 24.3 Å². The van der Waals surface area contributed by atoms with Crippen LogP contribution in [0.1, 0.15) is 41.6 Å². The molecule has 0 unspecified atom stereocenters. The lowest BCUT2D eigenvalue weighted by Crippen LogP contribution is -2.05. The predicted octanol–water partition coefficient (Wildman–Crippen LogP) is 4.80. The number of esters is 1. The van der Waals surface area contributed by atoms with Crippen LogP contribution >= 0.6 is 0 Å². The summed E-state index contributed by atoms with van der Waals surface area (Å²) in [7, 11) is 0. The van der Waals surface area contributed by atoms with Crippen LogP contribution in [0.25, 0.3) is 11.5 Å². The quantitative estimate of drug-likeness (QED) is 0.273. The van der Waals surface area contributed by atoms with Crippen molar-refractivity contribution < 1.29 is 23.5 Å². The first-order valence-electron chi connectivity index (χ1n) is 9.94. The topological polar surface area (TPSA) is 78.6 Å². The smallest absolute Gasteiger partial charge is 0.302 e. The molecule has 3 rings (SSSR count). The number of carbonyl (C=O) groups excluding carboxylic acids is 2. The molecule has 0 aliphatic heterocycles. The molecule has 30 heavy (non-hydrogen) atoms. The van der Waals surface area contributed by atoms with Crippen molar-refractivity contribution in [3.63, 3.8) is 0 Å². The van der Waals surface area contributed by atoms with Gasteiger partial charge in [-0.15, -0.1) is 0 Å². The van der Waals surface area contributed by atoms with E-state index in [9.17, 15) is 9.59 Å². The second kappa shape index (κ2) is 10.4. The van der Waals surface area contributed by atoms with E-state index in [-0.39, 0.29) is 18.4 Å². The summed E-state index contributed by atoms with van der Waals surface area (Å²) in [5.41, 5.74) is 2.43. The normalized spacial score (nSPS) is 10.6. The maximum absolute atomic E-state index is 12.2. The number of hydrogen-bond acceptors (Lipinski definition) is 6. The summed E-state index contributed by atoms with van der Waals surface area (Å²) >= 11 is 0. The molecule has 0 atom stereocenters. The minimum Gasteiger partial charge on any atom is -0.493 e. The van der Waals surface area contributed by atoms with Crippen molar-refractivity contribution in [3.05, 3.63) is 71.6 Å². The van der Waals surface area contributed by atoms with Crippen molar-refractivity contribution in [1.29, 1.82) is 0 Å². The Kier molecular flexibility index (Phi) is 7.38. The van der Waals surface area contributed by atoms with Crippen LogP contribution in [0.15, 0.2) is 59.0 Å². The largest absolute Gasteiger partial charge is 0.493 e. The highest BCUT2D eigenvalue weighted by atomic mass is 16.5. The van der Waals surface area contributed by atoms with Crippen LogP contribution in [0.3, 0.4) is 0 Å². The molecule has 6 heteroatoms. The summed E-state index contributed by atoms with van der Waals surface area (Å²) in [6.45, 7) is 3.97. The van der Waals surface area contributed by atoms with E-state index in [1.165, 1.54) is 6.92 Å². The number of ketones is 1. The second-order valence-corrected chi connectivity index (χ2v) is 6.88. The van der Waals surface area contributed by atoms with Gasteiger partial charge in [0.15, 0.2) is 5.78 Å². The summed E-state index contributed by atoms with van der Waals surface area (Å²) in [5.74, 6) is 1.77. The highest BCUT2D eigenvalue weighted by Crippen LogP contribution is 2.22. The first kappa shape index (κ1) is 21.3. The first-order valence-corrected chi connectivity index (χ1v) is 9.94. The number of carbonyl (C=O) groups is 2. The van der Waals surface area contributed by atoms with Crippen LogP contribution in [0.4, 0.5) is 0 Å². The molecule has 3 aromatic rings. The van der Waals surface area contributed by atoms with Crippen molar-refractivity contribution in [2.45, 2.75) is 33.1 Å². The lowest BCUT2D eigenvalue weighted by atomic mass is 10.1. The molecule has 0 saturated heterocycles. The van der Waals surface area contributed by atoms with E-state index in [2.05, 4.69) is 4.98 Å². The number of ether oxygens (including phenoxy) is 2. The summed E-state index contributed by atoms with van der Waals surface area (Å²) in [6, 6.07) is 16.8. The molecule has 6 nitrogen and oxygen atoms in total. The van der Waals surface area contributed by atoms with Gasteiger partial charge in [-0.2, -0.15) is 0 Å². The number of nitrogens with zero attached hydrogens (tertiary/aromatic N) is 1. The Hall–Kier alpha value is -3.41. The number of oxazole rings is 1. The Bertz CT molecular complexity index is 977. The number of rotatable bonds is 10. The van der Waals surface area contributed by atoms with E-state index in [4.69, 9.17) is 13.9 Å². The van der Waals surface area contributed by atoms with E-state index in [0.29, 0.717) is 43.1 Å². The molecule has 0 radical (unpaired) electrons. The number of aromatic nitrogens is 1. The third-order valence-electron chi connectivity index (χ3n) is 4.55. The molecule has 0 spiro atoms. The molecule has 0 amide bonds. The summed E-state index contributed by atoms with van der Waals surface area (Å²) < 4.78 is 16.4. The summed E-state index contributed by atoms with van der Waals surface area (Å²) in [4.78, 5) is 27.5. The fourth-order valence-electron chi connectivity index (χ4n) is 2.96. The van der Waals surface area contributed by atoms with Crippen LogP contribution in [-0.4, -0.2) is 30.0 Å². The fraction of sp³-hybridized carbons (Fsp3) is 0.292. The zero-order valence-corrected chi connectivity index (χ0v) is 17.2.